The molecule has 190 valence electrons. The third-order valence-corrected chi connectivity index (χ3v) is 7.41. The zero-order valence-electron chi connectivity index (χ0n) is 21.3. The highest BCUT2D eigenvalue weighted by Crippen LogP contribution is 2.29. The number of hydrogen-bond acceptors (Lipinski definition) is 5. The molecular weight excluding hydrogens is 502 g/mol. The van der Waals surface area contributed by atoms with Gasteiger partial charge in [0.25, 0.3) is 5.91 Å². The van der Waals surface area contributed by atoms with Gasteiger partial charge in [-0.1, -0.05) is 108 Å². The van der Waals surface area contributed by atoms with Crippen molar-refractivity contribution in [1.82, 2.24) is 20.2 Å². The van der Waals surface area contributed by atoms with Crippen molar-refractivity contribution in [3.8, 4) is 17.1 Å². The molecule has 5 aromatic carbocycles. The highest BCUT2D eigenvalue weighted by molar-refractivity contribution is 7.99. The number of hydrogen-bond donors (Lipinski definition) is 1. The molecule has 1 N–H and O–H groups in total. The van der Waals surface area contributed by atoms with Crippen LogP contribution in [0.3, 0.4) is 0 Å². The maximum atomic E-state index is 12.8. The summed E-state index contributed by atoms with van der Waals surface area (Å²) in [6, 6.07) is 36.7. The second-order valence-electron chi connectivity index (χ2n) is 9.16. The molecule has 6 nitrogen and oxygen atoms in total. The zero-order valence-corrected chi connectivity index (χ0v) is 22.1. The smallest absolute Gasteiger partial charge is 0.250 e. The standard InChI is InChI=1S/C32H25N5OS/c1-22-15-17-23(18-16-22)31-35-36-32(37(31)26-11-3-2-4-12-26)39-21-30(38)34-33-20-29-27-13-7-5-9-24(27)19-25-10-6-8-14-28(25)29/h2-20H,21H2,1H3,(H,34,38)/b33-20+. The van der Waals surface area contributed by atoms with Crippen molar-refractivity contribution < 1.29 is 4.79 Å². The lowest BCUT2D eigenvalue weighted by molar-refractivity contribution is -0.118. The van der Waals surface area contributed by atoms with Crippen molar-refractivity contribution >= 4 is 45.4 Å². The number of nitrogens with one attached hydrogen (secondary N) is 1. The van der Waals surface area contributed by atoms with E-state index in [2.05, 4.69) is 70.1 Å². The van der Waals surface area contributed by atoms with E-state index in [4.69, 9.17) is 0 Å². The number of fused-ring (bicyclic) bond motifs is 2. The summed E-state index contributed by atoms with van der Waals surface area (Å²) >= 11 is 1.32. The quantitative estimate of drug-likeness (QED) is 0.107. The van der Waals surface area contributed by atoms with Gasteiger partial charge >= 0.3 is 0 Å². The molecule has 0 aliphatic heterocycles. The van der Waals surface area contributed by atoms with Crippen LogP contribution >= 0.6 is 11.8 Å². The topological polar surface area (TPSA) is 72.2 Å². The average Bonchev–Trinajstić information content (AvgIpc) is 3.40. The summed E-state index contributed by atoms with van der Waals surface area (Å²) < 4.78 is 1.98. The summed E-state index contributed by atoms with van der Waals surface area (Å²) in [6.45, 7) is 2.05. The summed E-state index contributed by atoms with van der Waals surface area (Å²) in [5.41, 5.74) is 6.73. The number of benzene rings is 5. The summed E-state index contributed by atoms with van der Waals surface area (Å²) in [4.78, 5) is 12.8. The predicted octanol–water partition coefficient (Wildman–Crippen LogP) is 6.79. The van der Waals surface area contributed by atoms with E-state index in [0.29, 0.717) is 5.16 Å². The molecule has 0 saturated heterocycles. The number of thioether (sulfide) groups is 1. The molecule has 0 aliphatic carbocycles. The van der Waals surface area contributed by atoms with Gasteiger partial charge in [0.15, 0.2) is 11.0 Å². The Hall–Kier alpha value is -4.75. The van der Waals surface area contributed by atoms with E-state index in [1.165, 1.54) is 17.3 Å². The molecule has 0 spiro atoms. The number of amides is 1. The SMILES string of the molecule is Cc1ccc(-c2nnc(SCC(=O)N/N=C/c3c4ccccc4cc4ccccc34)n2-c2ccccc2)cc1. The van der Waals surface area contributed by atoms with Gasteiger partial charge in [-0.15, -0.1) is 10.2 Å². The molecule has 7 heteroatoms. The van der Waals surface area contributed by atoms with Crippen LogP contribution in [0.2, 0.25) is 0 Å². The maximum Gasteiger partial charge on any atom is 0.250 e. The molecule has 0 unspecified atom stereocenters. The first-order valence-corrected chi connectivity index (χ1v) is 13.6. The van der Waals surface area contributed by atoms with Crippen molar-refractivity contribution in [2.45, 2.75) is 12.1 Å². The van der Waals surface area contributed by atoms with Gasteiger partial charge in [0.1, 0.15) is 0 Å². The number of rotatable bonds is 7. The number of aryl methyl sites for hydroxylation is 1. The van der Waals surface area contributed by atoms with Crippen molar-refractivity contribution in [1.29, 1.82) is 0 Å². The monoisotopic (exact) mass is 527 g/mol. The second kappa shape index (κ2) is 10.9. The molecule has 0 bridgehead atoms. The molecule has 6 rings (SSSR count). The molecule has 0 aliphatic rings. The zero-order chi connectivity index (χ0) is 26.6. The lowest BCUT2D eigenvalue weighted by Gasteiger charge is -2.10. The van der Waals surface area contributed by atoms with E-state index in [1.54, 1.807) is 6.21 Å². The minimum Gasteiger partial charge on any atom is -0.272 e. The normalized spacial score (nSPS) is 11.4. The lowest BCUT2D eigenvalue weighted by Crippen LogP contribution is -2.20. The molecule has 0 saturated carbocycles. The van der Waals surface area contributed by atoms with Gasteiger partial charge < -0.3 is 0 Å². The Bertz CT molecular complexity index is 1760. The van der Waals surface area contributed by atoms with Crippen LogP contribution in [0, 0.1) is 6.92 Å². The first-order chi connectivity index (χ1) is 19.2. The van der Waals surface area contributed by atoms with Crippen LogP contribution in [-0.2, 0) is 4.79 Å². The van der Waals surface area contributed by atoms with Gasteiger partial charge in [0, 0.05) is 16.8 Å². The fraction of sp³-hybridized carbons (Fsp3) is 0.0625. The fourth-order valence-electron chi connectivity index (χ4n) is 4.58. The Morgan fingerprint density at radius 1 is 0.846 bits per heavy atom. The Morgan fingerprint density at radius 3 is 2.18 bits per heavy atom. The molecule has 6 aromatic rings. The molecule has 0 radical (unpaired) electrons. The second-order valence-corrected chi connectivity index (χ2v) is 10.1. The number of hydrazone groups is 1. The van der Waals surface area contributed by atoms with E-state index >= 15 is 0 Å². The highest BCUT2D eigenvalue weighted by atomic mass is 32.2. The minimum atomic E-state index is -0.222. The van der Waals surface area contributed by atoms with E-state index in [9.17, 15) is 4.79 Å². The molecular formula is C32H25N5OS. The minimum absolute atomic E-state index is 0.145. The summed E-state index contributed by atoms with van der Waals surface area (Å²) in [5.74, 6) is 0.650. The first kappa shape index (κ1) is 24.6. The van der Waals surface area contributed by atoms with E-state index in [0.717, 1.165) is 44.2 Å². The van der Waals surface area contributed by atoms with Gasteiger partial charge in [0.2, 0.25) is 0 Å². The maximum absolute atomic E-state index is 12.8. The van der Waals surface area contributed by atoms with Crippen LogP contribution in [0.5, 0.6) is 0 Å². The largest absolute Gasteiger partial charge is 0.272 e. The molecule has 1 heterocycles. The van der Waals surface area contributed by atoms with Crippen LogP contribution in [0.1, 0.15) is 11.1 Å². The van der Waals surface area contributed by atoms with Crippen LogP contribution in [0.25, 0.3) is 38.6 Å². The van der Waals surface area contributed by atoms with Crippen molar-refractivity contribution in [3.63, 3.8) is 0 Å². The van der Waals surface area contributed by atoms with E-state index in [1.807, 2.05) is 71.3 Å². The first-order valence-electron chi connectivity index (χ1n) is 12.6. The third kappa shape index (κ3) is 5.17. The van der Waals surface area contributed by atoms with Crippen molar-refractivity contribution in [2.24, 2.45) is 5.10 Å². The van der Waals surface area contributed by atoms with Gasteiger partial charge in [-0.3, -0.25) is 9.36 Å². The summed E-state index contributed by atoms with van der Waals surface area (Å²) in [7, 11) is 0. The number of carbonyl (C=O) groups is 1. The van der Waals surface area contributed by atoms with Gasteiger partial charge in [-0.25, -0.2) is 5.43 Å². The molecule has 1 amide bonds. The number of carbonyl (C=O) groups excluding carboxylic acids is 1. The number of para-hydroxylation sites is 1. The Labute approximate surface area is 230 Å². The van der Waals surface area contributed by atoms with E-state index in [-0.39, 0.29) is 11.7 Å². The lowest BCUT2D eigenvalue weighted by atomic mass is 9.97. The molecule has 0 atom stereocenters. The van der Waals surface area contributed by atoms with Crippen LogP contribution < -0.4 is 5.43 Å². The van der Waals surface area contributed by atoms with Crippen molar-refractivity contribution in [2.75, 3.05) is 5.75 Å². The molecule has 39 heavy (non-hydrogen) atoms. The van der Waals surface area contributed by atoms with Gasteiger partial charge in [0.05, 0.1) is 12.0 Å². The van der Waals surface area contributed by atoms with Gasteiger partial charge in [-0.2, -0.15) is 5.10 Å². The Balaban J connectivity index is 1.22. The molecule has 0 fully saturated rings. The van der Waals surface area contributed by atoms with Gasteiger partial charge in [-0.05, 0) is 46.7 Å². The molecule has 1 aromatic heterocycles. The highest BCUT2D eigenvalue weighted by Gasteiger charge is 2.17. The number of aromatic nitrogens is 3. The summed E-state index contributed by atoms with van der Waals surface area (Å²) in [5, 5.41) is 18.3. The van der Waals surface area contributed by atoms with E-state index < -0.39 is 0 Å². The Kier molecular flexibility index (Phi) is 6.89. The van der Waals surface area contributed by atoms with Crippen LogP contribution in [-0.4, -0.2) is 32.6 Å². The fourth-order valence-corrected chi connectivity index (χ4v) is 5.33. The van der Waals surface area contributed by atoms with Crippen LogP contribution in [0.4, 0.5) is 0 Å². The Morgan fingerprint density at radius 2 is 1.49 bits per heavy atom. The van der Waals surface area contributed by atoms with Crippen molar-refractivity contribution in [3.05, 3.63) is 120 Å². The third-order valence-electron chi connectivity index (χ3n) is 6.49. The average molecular weight is 528 g/mol. The predicted molar refractivity (Wildman–Crippen MR) is 159 cm³/mol. The number of nitrogens with zero attached hydrogens (tertiary/aromatic N) is 4. The summed E-state index contributed by atoms with van der Waals surface area (Å²) in [6.07, 6.45) is 1.73. The van der Waals surface area contributed by atoms with Crippen LogP contribution in [0.15, 0.2) is 119 Å².